The number of benzene rings is 2. The van der Waals surface area contributed by atoms with Crippen LogP contribution in [-0.2, 0) is 6.54 Å². The second-order valence-electron chi connectivity index (χ2n) is 6.64. The summed E-state index contributed by atoms with van der Waals surface area (Å²) in [4.78, 5) is 30.6. The van der Waals surface area contributed by atoms with Crippen LogP contribution in [0.5, 0.6) is 0 Å². The lowest BCUT2D eigenvalue weighted by Crippen LogP contribution is -2.38. The van der Waals surface area contributed by atoms with Crippen molar-refractivity contribution in [2.75, 3.05) is 0 Å². The number of rotatable bonds is 4. The van der Waals surface area contributed by atoms with Crippen LogP contribution in [0.15, 0.2) is 78.6 Å². The average molecular weight is 499 g/mol. The van der Waals surface area contributed by atoms with Crippen molar-refractivity contribution in [3.63, 3.8) is 0 Å². The molecule has 0 unspecified atom stereocenters. The first-order chi connectivity index (χ1) is 15.0. The molecule has 0 atom stereocenters. The Morgan fingerprint density at radius 1 is 1.03 bits per heavy atom. The molecule has 3 aromatic heterocycles. The maximum absolute atomic E-state index is 13.3. The molecule has 2 aromatic carbocycles. The number of thiophene rings is 1. The lowest BCUT2D eigenvalue weighted by atomic mass is 10.2. The van der Waals surface area contributed by atoms with E-state index in [1.165, 1.54) is 40.2 Å². The zero-order valence-electron chi connectivity index (χ0n) is 15.7. The summed E-state index contributed by atoms with van der Waals surface area (Å²) in [6, 6.07) is 14.3. The first kappa shape index (κ1) is 19.6. The predicted molar refractivity (Wildman–Crippen MR) is 118 cm³/mol. The quantitative estimate of drug-likeness (QED) is 0.370. The molecule has 0 amide bonds. The molecule has 0 aliphatic rings. The van der Waals surface area contributed by atoms with Crippen LogP contribution in [0.25, 0.3) is 27.3 Å². The van der Waals surface area contributed by atoms with E-state index in [0.29, 0.717) is 16.0 Å². The van der Waals surface area contributed by atoms with Crippen molar-refractivity contribution in [3.8, 4) is 17.1 Å². The van der Waals surface area contributed by atoms with Crippen molar-refractivity contribution in [2.45, 2.75) is 6.54 Å². The third-order valence-corrected chi connectivity index (χ3v) is 6.12. The molecule has 0 bridgehead atoms. The Kier molecular flexibility index (Phi) is 4.87. The van der Waals surface area contributed by atoms with Crippen molar-refractivity contribution >= 4 is 37.5 Å². The fraction of sp³-hybridized carbons (Fsp3) is 0.0476. The zero-order valence-corrected chi connectivity index (χ0v) is 18.1. The summed E-state index contributed by atoms with van der Waals surface area (Å²) in [5, 5.41) is 5.73. The number of nitrogens with zero attached hydrogens (tertiary/aromatic N) is 4. The van der Waals surface area contributed by atoms with Gasteiger partial charge in [-0.1, -0.05) is 21.1 Å². The maximum Gasteiger partial charge on any atom is 0.336 e. The minimum Gasteiger partial charge on any atom is -0.337 e. The normalized spacial score (nSPS) is 11.3. The number of hydrogen-bond acceptors (Lipinski definition) is 6. The Labute approximate surface area is 186 Å². The third-order valence-electron chi connectivity index (χ3n) is 4.70. The van der Waals surface area contributed by atoms with Crippen LogP contribution in [0.1, 0.15) is 5.89 Å². The Morgan fingerprint density at radius 3 is 2.52 bits per heavy atom. The molecular weight excluding hydrogens is 487 g/mol. The van der Waals surface area contributed by atoms with E-state index in [4.69, 9.17) is 4.52 Å². The number of halogens is 2. The van der Waals surface area contributed by atoms with Crippen molar-refractivity contribution < 1.29 is 8.91 Å². The highest BCUT2D eigenvalue weighted by molar-refractivity contribution is 9.10. The van der Waals surface area contributed by atoms with Gasteiger partial charge in [-0.3, -0.25) is 9.36 Å². The van der Waals surface area contributed by atoms with Gasteiger partial charge in [0.15, 0.2) is 0 Å². The van der Waals surface area contributed by atoms with E-state index in [-0.39, 0.29) is 18.1 Å². The Balaban J connectivity index is 1.61. The topological polar surface area (TPSA) is 82.9 Å². The molecule has 0 N–H and O–H groups in total. The van der Waals surface area contributed by atoms with E-state index in [0.717, 1.165) is 14.6 Å². The summed E-state index contributed by atoms with van der Waals surface area (Å²) in [6.07, 6.45) is 0. The van der Waals surface area contributed by atoms with Crippen molar-refractivity contribution in [3.05, 3.63) is 97.0 Å². The molecule has 0 spiro atoms. The molecule has 0 saturated carbocycles. The van der Waals surface area contributed by atoms with Gasteiger partial charge in [-0.2, -0.15) is 4.98 Å². The molecule has 0 radical (unpaired) electrons. The molecule has 10 heteroatoms. The van der Waals surface area contributed by atoms with Crippen LogP contribution >= 0.6 is 27.3 Å². The molecule has 0 aliphatic carbocycles. The minimum atomic E-state index is -0.578. The van der Waals surface area contributed by atoms with Crippen molar-refractivity contribution in [1.29, 1.82) is 0 Å². The fourth-order valence-electron chi connectivity index (χ4n) is 3.23. The van der Waals surface area contributed by atoms with Gasteiger partial charge in [-0.15, -0.1) is 11.3 Å². The van der Waals surface area contributed by atoms with Gasteiger partial charge in [0.1, 0.15) is 17.1 Å². The first-order valence-electron chi connectivity index (χ1n) is 9.09. The predicted octanol–water partition coefficient (Wildman–Crippen LogP) is 4.21. The number of fused-ring (bicyclic) bond motifs is 1. The van der Waals surface area contributed by atoms with Crippen LogP contribution in [0, 0.1) is 5.82 Å². The van der Waals surface area contributed by atoms with Gasteiger partial charge >= 0.3 is 5.69 Å². The Bertz CT molecular complexity index is 1520. The second kappa shape index (κ2) is 7.71. The van der Waals surface area contributed by atoms with E-state index in [1.807, 2.05) is 24.3 Å². The molecule has 154 valence electrons. The van der Waals surface area contributed by atoms with E-state index in [2.05, 4.69) is 26.1 Å². The minimum absolute atomic E-state index is 0.0168. The molecule has 7 nitrogen and oxygen atoms in total. The van der Waals surface area contributed by atoms with Gasteiger partial charge < -0.3 is 4.52 Å². The molecule has 0 saturated heterocycles. The smallest absolute Gasteiger partial charge is 0.336 e. The zero-order chi connectivity index (χ0) is 21.5. The Morgan fingerprint density at radius 2 is 1.77 bits per heavy atom. The van der Waals surface area contributed by atoms with Gasteiger partial charge in [0.25, 0.3) is 5.56 Å². The summed E-state index contributed by atoms with van der Waals surface area (Å²) >= 11 is 4.60. The lowest BCUT2D eigenvalue weighted by Gasteiger charge is -2.10. The highest BCUT2D eigenvalue weighted by atomic mass is 79.9. The lowest BCUT2D eigenvalue weighted by molar-refractivity contribution is 0.370. The van der Waals surface area contributed by atoms with Crippen LogP contribution in [-0.4, -0.2) is 19.3 Å². The van der Waals surface area contributed by atoms with Crippen molar-refractivity contribution in [1.82, 2.24) is 19.3 Å². The van der Waals surface area contributed by atoms with Crippen LogP contribution < -0.4 is 11.2 Å². The van der Waals surface area contributed by atoms with Crippen LogP contribution in [0.3, 0.4) is 0 Å². The van der Waals surface area contributed by atoms with Gasteiger partial charge in [-0.05, 0) is 60.0 Å². The van der Waals surface area contributed by atoms with E-state index < -0.39 is 17.1 Å². The maximum atomic E-state index is 13.3. The highest BCUT2D eigenvalue weighted by Crippen LogP contribution is 2.21. The Hall–Kier alpha value is -3.37. The monoisotopic (exact) mass is 498 g/mol. The molecule has 3 heterocycles. The molecule has 0 fully saturated rings. The molecule has 31 heavy (non-hydrogen) atoms. The van der Waals surface area contributed by atoms with Crippen LogP contribution in [0.2, 0.25) is 0 Å². The summed E-state index contributed by atoms with van der Waals surface area (Å²) in [5.41, 5.74) is 0.482. The van der Waals surface area contributed by atoms with Crippen LogP contribution in [0.4, 0.5) is 4.39 Å². The molecular formula is C21H12BrFN4O3S. The van der Waals surface area contributed by atoms with Gasteiger partial charge in [0.2, 0.25) is 11.7 Å². The summed E-state index contributed by atoms with van der Waals surface area (Å²) in [7, 11) is 0. The molecule has 5 rings (SSSR count). The first-order valence-corrected chi connectivity index (χ1v) is 10.8. The summed E-state index contributed by atoms with van der Waals surface area (Å²) in [5.74, 6) is 0.154. The molecule has 0 aliphatic heterocycles. The van der Waals surface area contributed by atoms with Gasteiger partial charge in [0.05, 0.1) is 11.2 Å². The standard InChI is InChI=1S/C21H12BrFN4O3S/c22-13-3-1-12(2-4-13)19-24-17(30-25-19)11-26-16-9-10-31-18(16)20(28)27(21(26)29)15-7-5-14(23)6-8-15/h1-10H,11H2. The second-order valence-corrected chi connectivity index (χ2v) is 8.47. The van der Waals surface area contributed by atoms with Crippen molar-refractivity contribution in [2.24, 2.45) is 0 Å². The van der Waals surface area contributed by atoms with Gasteiger partial charge in [0, 0.05) is 10.0 Å². The highest BCUT2D eigenvalue weighted by Gasteiger charge is 2.18. The number of aromatic nitrogens is 4. The SMILES string of the molecule is O=c1c2sccc2n(Cc2nc(-c3ccc(Br)cc3)no2)c(=O)n1-c1ccc(F)cc1. The third kappa shape index (κ3) is 3.53. The largest absolute Gasteiger partial charge is 0.337 e. The van der Waals surface area contributed by atoms with Gasteiger partial charge in [-0.25, -0.2) is 13.8 Å². The summed E-state index contributed by atoms with van der Waals surface area (Å²) < 4.78 is 22.4. The number of hydrogen-bond donors (Lipinski definition) is 0. The van der Waals surface area contributed by atoms with E-state index in [9.17, 15) is 14.0 Å². The molecule has 5 aromatic rings. The average Bonchev–Trinajstić information content (AvgIpc) is 3.43. The fourth-order valence-corrected chi connectivity index (χ4v) is 4.32. The summed E-state index contributed by atoms with van der Waals surface area (Å²) in [6.45, 7) is -0.0168. The van der Waals surface area contributed by atoms with E-state index >= 15 is 0 Å². The van der Waals surface area contributed by atoms with E-state index in [1.54, 1.807) is 11.4 Å².